The molecule has 10 nitrogen and oxygen atoms in total. The highest BCUT2D eigenvalue weighted by molar-refractivity contribution is 7.89. The number of carbonyl (C=O) groups excluding carboxylic acids is 1. The highest BCUT2D eigenvalue weighted by atomic mass is 35.5. The Labute approximate surface area is 201 Å². The van der Waals surface area contributed by atoms with E-state index in [0.717, 1.165) is 11.8 Å². The fourth-order valence-corrected chi connectivity index (χ4v) is 3.79. The van der Waals surface area contributed by atoms with E-state index >= 15 is 0 Å². The number of aromatic nitrogens is 2. The molecule has 1 aromatic heterocycles. The van der Waals surface area contributed by atoms with E-state index in [2.05, 4.69) is 20.6 Å². The average molecular weight is 509 g/mol. The lowest BCUT2D eigenvalue weighted by atomic mass is 10.1. The summed E-state index contributed by atoms with van der Waals surface area (Å²) in [5, 5.41) is 10.8. The molecule has 1 heterocycles. The quantitative estimate of drug-likeness (QED) is 0.419. The van der Waals surface area contributed by atoms with Crippen molar-refractivity contribution in [1.29, 1.82) is 0 Å². The molecule has 0 fully saturated rings. The molecular formula is C21H22ClFN6O4S. The Balaban J connectivity index is 1.68. The number of rotatable bonds is 8. The standard InChI is InChI=1S/C21H22ClFN6O4S/c1-29(2)21(30)33-10-9-13-3-5-14(6-4-13)26-19-17(23)12-25-20(28-19)27-15-7-8-16(22)18(11-15)34(24,31)32/h3-8,11-12H,9-10H2,1-2H3,(H2,24,31,32)(H2,25,26,27,28). The topological polar surface area (TPSA) is 140 Å². The van der Waals surface area contributed by atoms with Gasteiger partial charge in [-0.25, -0.2) is 27.7 Å². The second-order valence-electron chi connectivity index (χ2n) is 7.29. The second kappa shape index (κ2) is 10.6. The first-order valence-electron chi connectivity index (χ1n) is 9.85. The number of amides is 1. The molecule has 13 heteroatoms. The molecule has 4 N–H and O–H groups in total. The monoisotopic (exact) mass is 508 g/mol. The zero-order valence-electron chi connectivity index (χ0n) is 18.2. The molecule has 0 saturated heterocycles. The third kappa shape index (κ3) is 6.76. The van der Waals surface area contributed by atoms with E-state index in [0.29, 0.717) is 17.8 Å². The van der Waals surface area contributed by atoms with Crippen molar-refractivity contribution in [3.8, 4) is 0 Å². The number of benzene rings is 2. The van der Waals surface area contributed by atoms with Crippen molar-refractivity contribution < 1.29 is 22.3 Å². The van der Waals surface area contributed by atoms with Crippen LogP contribution in [0.5, 0.6) is 0 Å². The van der Waals surface area contributed by atoms with Crippen molar-refractivity contribution in [2.75, 3.05) is 31.3 Å². The molecule has 34 heavy (non-hydrogen) atoms. The molecule has 0 saturated carbocycles. The molecule has 0 radical (unpaired) electrons. The predicted molar refractivity (Wildman–Crippen MR) is 127 cm³/mol. The summed E-state index contributed by atoms with van der Waals surface area (Å²) >= 11 is 5.88. The normalized spacial score (nSPS) is 11.1. The molecule has 0 aliphatic rings. The molecule has 3 aromatic rings. The summed E-state index contributed by atoms with van der Waals surface area (Å²) in [4.78, 5) is 20.5. The molecule has 0 aliphatic carbocycles. The number of hydrogen-bond acceptors (Lipinski definition) is 8. The molecular weight excluding hydrogens is 487 g/mol. The van der Waals surface area contributed by atoms with Crippen LogP contribution in [0.1, 0.15) is 5.56 Å². The van der Waals surface area contributed by atoms with Crippen molar-refractivity contribution in [1.82, 2.24) is 14.9 Å². The van der Waals surface area contributed by atoms with Crippen molar-refractivity contribution in [3.63, 3.8) is 0 Å². The van der Waals surface area contributed by atoms with Gasteiger partial charge in [0, 0.05) is 31.9 Å². The van der Waals surface area contributed by atoms with E-state index in [-0.39, 0.29) is 28.3 Å². The lowest BCUT2D eigenvalue weighted by Gasteiger charge is -2.12. The number of primary sulfonamides is 1. The van der Waals surface area contributed by atoms with Gasteiger partial charge in [-0.15, -0.1) is 0 Å². The lowest BCUT2D eigenvalue weighted by Crippen LogP contribution is -2.23. The van der Waals surface area contributed by atoms with Gasteiger partial charge in [0.25, 0.3) is 0 Å². The van der Waals surface area contributed by atoms with Gasteiger partial charge in [-0.2, -0.15) is 4.98 Å². The number of nitrogens with zero attached hydrogens (tertiary/aromatic N) is 3. The molecule has 0 unspecified atom stereocenters. The minimum absolute atomic E-state index is 0.0194. The summed E-state index contributed by atoms with van der Waals surface area (Å²) in [5.74, 6) is -0.761. The molecule has 2 aromatic carbocycles. The minimum atomic E-state index is -4.03. The maximum atomic E-state index is 14.3. The second-order valence-corrected chi connectivity index (χ2v) is 9.22. The lowest BCUT2D eigenvalue weighted by molar-refractivity contribution is 0.119. The first-order valence-corrected chi connectivity index (χ1v) is 11.8. The number of carbonyl (C=O) groups is 1. The van der Waals surface area contributed by atoms with Crippen LogP contribution >= 0.6 is 11.6 Å². The SMILES string of the molecule is CN(C)C(=O)OCCc1ccc(Nc2nc(Nc3ccc(Cl)c(S(N)(=O)=O)c3)ncc2F)cc1. The molecule has 3 rings (SSSR count). The van der Waals surface area contributed by atoms with Gasteiger partial charge < -0.3 is 20.3 Å². The van der Waals surface area contributed by atoms with Crippen molar-refractivity contribution >= 4 is 50.9 Å². The van der Waals surface area contributed by atoms with E-state index < -0.39 is 21.9 Å². The van der Waals surface area contributed by atoms with E-state index in [9.17, 15) is 17.6 Å². The van der Waals surface area contributed by atoms with E-state index in [1.54, 1.807) is 26.2 Å². The predicted octanol–water partition coefficient (Wildman–Crippen LogP) is 3.64. The Morgan fingerprint density at radius 3 is 2.47 bits per heavy atom. The summed E-state index contributed by atoms with van der Waals surface area (Å²) in [7, 11) is -0.824. The van der Waals surface area contributed by atoms with Crippen LogP contribution in [-0.2, 0) is 21.2 Å². The van der Waals surface area contributed by atoms with E-state index in [1.807, 2.05) is 12.1 Å². The fourth-order valence-electron chi connectivity index (χ4n) is 2.72. The highest BCUT2D eigenvalue weighted by Gasteiger charge is 2.15. The van der Waals surface area contributed by atoms with Gasteiger partial charge >= 0.3 is 6.09 Å². The van der Waals surface area contributed by atoms with Gasteiger partial charge in [-0.05, 0) is 35.9 Å². The highest BCUT2D eigenvalue weighted by Crippen LogP contribution is 2.26. The number of nitrogens with two attached hydrogens (primary N) is 1. The smallest absolute Gasteiger partial charge is 0.409 e. The fraction of sp³-hybridized carbons (Fsp3) is 0.190. The van der Waals surface area contributed by atoms with Crippen LogP contribution in [0.3, 0.4) is 0 Å². The Morgan fingerprint density at radius 2 is 1.82 bits per heavy atom. The van der Waals surface area contributed by atoms with Crippen molar-refractivity contribution in [3.05, 3.63) is 65.1 Å². The number of sulfonamides is 1. The van der Waals surface area contributed by atoms with E-state index in [1.165, 1.54) is 23.1 Å². The molecule has 0 bridgehead atoms. The maximum Gasteiger partial charge on any atom is 0.409 e. The average Bonchev–Trinajstić information content (AvgIpc) is 2.77. The third-order valence-corrected chi connectivity index (χ3v) is 5.83. The summed E-state index contributed by atoms with van der Waals surface area (Å²) in [5.41, 5.74) is 1.79. The molecule has 0 atom stereocenters. The van der Waals surface area contributed by atoms with Gasteiger partial charge in [0.1, 0.15) is 4.90 Å². The third-order valence-electron chi connectivity index (χ3n) is 4.44. The van der Waals surface area contributed by atoms with Crippen molar-refractivity contribution in [2.24, 2.45) is 5.14 Å². The van der Waals surface area contributed by atoms with E-state index in [4.69, 9.17) is 21.5 Å². The number of hydrogen-bond donors (Lipinski definition) is 3. The van der Waals surface area contributed by atoms with Crippen LogP contribution in [-0.4, -0.2) is 50.1 Å². The molecule has 0 spiro atoms. The Kier molecular flexibility index (Phi) is 7.87. The molecule has 180 valence electrons. The number of halogens is 2. The summed E-state index contributed by atoms with van der Waals surface area (Å²) < 4.78 is 42.7. The Morgan fingerprint density at radius 1 is 1.15 bits per heavy atom. The van der Waals surface area contributed by atoms with Crippen LogP contribution in [0.15, 0.2) is 53.6 Å². The Hall–Kier alpha value is -3.48. The zero-order chi connectivity index (χ0) is 24.9. The van der Waals surface area contributed by atoms with Gasteiger partial charge in [0.2, 0.25) is 16.0 Å². The van der Waals surface area contributed by atoms with Crippen LogP contribution < -0.4 is 15.8 Å². The zero-order valence-corrected chi connectivity index (χ0v) is 19.8. The first kappa shape index (κ1) is 25.1. The molecule has 0 aliphatic heterocycles. The Bertz CT molecular complexity index is 1290. The minimum Gasteiger partial charge on any atom is -0.449 e. The van der Waals surface area contributed by atoms with Gasteiger partial charge in [-0.3, -0.25) is 0 Å². The number of anilines is 4. The number of ether oxygens (including phenoxy) is 1. The van der Waals surface area contributed by atoms with Crippen LogP contribution in [0, 0.1) is 5.82 Å². The summed E-state index contributed by atoms with van der Waals surface area (Å²) in [6.07, 6.45) is 1.08. The summed E-state index contributed by atoms with van der Waals surface area (Å²) in [6.45, 7) is 0.233. The van der Waals surface area contributed by atoms with Crippen molar-refractivity contribution in [2.45, 2.75) is 11.3 Å². The maximum absolute atomic E-state index is 14.3. The van der Waals surface area contributed by atoms with Crippen LogP contribution in [0.4, 0.5) is 32.3 Å². The van der Waals surface area contributed by atoms with Crippen LogP contribution in [0.2, 0.25) is 5.02 Å². The van der Waals surface area contributed by atoms with Crippen LogP contribution in [0.25, 0.3) is 0 Å². The van der Waals surface area contributed by atoms with Gasteiger partial charge in [0.15, 0.2) is 11.6 Å². The van der Waals surface area contributed by atoms with Gasteiger partial charge in [-0.1, -0.05) is 23.7 Å². The van der Waals surface area contributed by atoms with Gasteiger partial charge in [0.05, 0.1) is 17.8 Å². The first-order chi connectivity index (χ1) is 16.0. The number of nitrogens with one attached hydrogen (secondary N) is 2. The largest absolute Gasteiger partial charge is 0.449 e. The summed E-state index contributed by atoms with van der Waals surface area (Å²) in [6, 6.07) is 11.2. The molecule has 1 amide bonds.